The van der Waals surface area contributed by atoms with Gasteiger partial charge in [0.1, 0.15) is 0 Å². The van der Waals surface area contributed by atoms with Gasteiger partial charge < -0.3 is 10.2 Å². The number of alkyl halides is 3. The number of nitrogens with one attached hydrogen (secondary N) is 1. The maximum absolute atomic E-state index is 12.8. The smallest absolute Gasteiger partial charge is 0.339 e. The molecule has 1 saturated carbocycles. The molecule has 0 aliphatic heterocycles. The minimum Gasteiger partial charge on any atom is -0.339 e. The van der Waals surface area contributed by atoms with Crippen molar-refractivity contribution in [3.05, 3.63) is 28.8 Å². The molecule has 1 aromatic carbocycles. The number of rotatable bonds is 5. The molecule has 0 spiro atoms. The molecule has 1 aliphatic carbocycles. The molecule has 8 heteroatoms. The van der Waals surface area contributed by atoms with E-state index in [0.29, 0.717) is 0 Å². The maximum atomic E-state index is 12.8. The predicted molar refractivity (Wildman–Crippen MR) is 89.3 cm³/mol. The second-order valence-corrected chi connectivity index (χ2v) is 6.55. The SMILES string of the molecule is CC(=O)N(CCC(=O)Nc1ccc(Cl)c(C(F)(F)F)c1)C1CCCC1. The molecule has 4 nitrogen and oxygen atoms in total. The van der Waals surface area contributed by atoms with E-state index >= 15 is 0 Å². The average Bonchev–Trinajstić information content (AvgIpc) is 3.02. The van der Waals surface area contributed by atoms with E-state index in [1.54, 1.807) is 4.90 Å². The van der Waals surface area contributed by atoms with Crippen molar-refractivity contribution < 1.29 is 22.8 Å². The Morgan fingerprint density at radius 1 is 1.28 bits per heavy atom. The minimum absolute atomic E-state index is 0.0250. The Kier molecular flexibility index (Phi) is 6.32. The lowest BCUT2D eigenvalue weighted by molar-refractivity contribution is -0.137. The number of hydrogen-bond donors (Lipinski definition) is 1. The average molecular weight is 377 g/mol. The number of carbonyl (C=O) groups is 2. The third kappa shape index (κ3) is 5.36. The van der Waals surface area contributed by atoms with Gasteiger partial charge in [-0.2, -0.15) is 13.2 Å². The van der Waals surface area contributed by atoms with E-state index < -0.39 is 22.7 Å². The fourth-order valence-corrected chi connectivity index (χ4v) is 3.30. The first-order valence-corrected chi connectivity index (χ1v) is 8.50. The molecule has 0 unspecified atom stereocenters. The van der Waals surface area contributed by atoms with Crippen LogP contribution in [0.15, 0.2) is 18.2 Å². The standard InChI is InChI=1S/C17H20ClF3N2O2/c1-11(24)23(13-4-2-3-5-13)9-8-16(25)22-12-6-7-15(18)14(10-12)17(19,20)21/h6-7,10,13H,2-5,8-9H2,1H3,(H,22,25). The molecule has 1 fully saturated rings. The molecule has 0 atom stereocenters. The van der Waals surface area contributed by atoms with Gasteiger partial charge in [-0.15, -0.1) is 0 Å². The fourth-order valence-electron chi connectivity index (χ4n) is 3.08. The van der Waals surface area contributed by atoms with Crippen LogP contribution < -0.4 is 5.32 Å². The van der Waals surface area contributed by atoms with E-state index in [0.717, 1.165) is 37.8 Å². The molecule has 25 heavy (non-hydrogen) atoms. The fraction of sp³-hybridized carbons (Fsp3) is 0.529. The summed E-state index contributed by atoms with van der Waals surface area (Å²) in [5, 5.41) is 2.01. The van der Waals surface area contributed by atoms with Crippen molar-refractivity contribution in [1.29, 1.82) is 0 Å². The number of hydrogen-bond acceptors (Lipinski definition) is 2. The van der Waals surface area contributed by atoms with Crippen molar-refractivity contribution in [3.8, 4) is 0 Å². The number of benzene rings is 1. The summed E-state index contributed by atoms with van der Waals surface area (Å²) < 4.78 is 38.5. The van der Waals surface area contributed by atoms with E-state index in [1.165, 1.54) is 13.0 Å². The first-order chi connectivity index (χ1) is 11.7. The van der Waals surface area contributed by atoms with Crippen LogP contribution in [0, 0.1) is 0 Å². The monoisotopic (exact) mass is 376 g/mol. The Balaban J connectivity index is 1.96. The van der Waals surface area contributed by atoms with Crippen LogP contribution in [-0.2, 0) is 15.8 Å². The molecule has 2 amide bonds. The van der Waals surface area contributed by atoms with Crippen LogP contribution >= 0.6 is 11.6 Å². The summed E-state index contributed by atoms with van der Waals surface area (Å²) in [6, 6.07) is 3.37. The van der Waals surface area contributed by atoms with Crippen molar-refractivity contribution in [3.63, 3.8) is 0 Å². The van der Waals surface area contributed by atoms with Gasteiger partial charge in [0.15, 0.2) is 0 Å². The van der Waals surface area contributed by atoms with E-state index in [9.17, 15) is 22.8 Å². The molecular formula is C17H20ClF3N2O2. The molecule has 138 valence electrons. The maximum Gasteiger partial charge on any atom is 0.417 e. The summed E-state index contributed by atoms with van der Waals surface area (Å²) in [7, 11) is 0. The topological polar surface area (TPSA) is 49.4 Å². The molecule has 0 radical (unpaired) electrons. The van der Waals surface area contributed by atoms with Crippen LogP contribution in [-0.4, -0.2) is 29.3 Å². The summed E-state index contributed by atoms with van der Waals surface area (Å²) in [6.07, 6.45) is -0.594. The molecule has 0 aromatic heterocycles. The highest BCUT2D eigenvalue weighted by molar-refractivity contribution is 6.31. The molecule has 1 aliphatic rings. The molecule has 1 N–H and O–H groups in total. The Morgan fingerprint density at radius 3 is 2.48 bits per heavy atom. The zero-order valence-corrected chi connectivity index (χ0v) is 14.6. The third-order valence-electron chi connectivity index (χ3n) is 4.31. The molecule has 0 saturated heterocycles. The largest absolute Gasteiger partial charge is 0.417 e. The van der Waals surface area contributed by atoms with Gasteiger partial charge in [0.05, 0.1) is 10.6 Å². The summed E-state index contributed by atoms with van der Waals surface area (Å²) in [5.41, 5.74) is -0.972. The minimum atomic E-state index is -4.59. The zero-order valence-electron chi connectivity index (χ0n) is 13.8. The van der Waals surface area contributed by atoms with Crippen LogP contribution in [0.2, 0.25) is 5.02 Å². The molecule has 0 bridgehead atoms. The number of carbonyl (C=O) groups excluding carboxylic acids is 2. The quantitative estimate of drug-likeness (QED) is 0.823. The number of amides is 2. The van der Waals surface area contributed by atoms with Crippen molar-refractivity contribution >= 4 is 29.1 Å². The summed E-state index contributed by atoms with van der Waals surface area (Å²) in [4.78, 5) is 25.5. The molecular weight excluding hydrogens is 357 g/mol. The van der Waals surface area contributed by atoms with Gasteiger partial charge in [0.25, 0.3) is 0 Å². The molecule has 1 aromatic rings. The van der Waals surface area contributed by atoms with Crippen molar-refractivity contribution in [2.24, 2.45) is 0 Å². The zero-order chi connectivity index (χ0) is 18.6. The van der Waals surface area contributed by atoms with Crippen LogP contribution in [0.5, 0.6) is 0 Å². The highest BCUT2D eigenvalue weighted by Gasteiger charge is 2.33. The predicted octanol–water partition coefficient (Wildman–Crippen LogP) is 4.48. The first kappa shape index (κ1) is 19.6. The Bertz CT molecular complexity index is 643. The van der Waals surface area contributed by atoms with Gasteiger partial charge >= 0.3 is 6.18 Å². The highest BCUT2D eigenvalue weighted by atomic mass is 35.5. The number of halogens is 4. The Morgan fingerprint density at radius 2 is 1.92 bits per heavy atom. The van der Waals surface area contributed by atoms with Gasteiger partial charge in [0, 0.05) is 31.6 Å². The third-order valence-corrected chi connectivity index (χ3v) is 4.63. The highest BCUT2D eigenvalue weighted by Crippen LogP contribution is 2.36. The van der Waals surface area contributed by atoms with Gasteiger partial charge in [-0.25, -0.2) is 0 Å². The second-order valence-electron chi connectivity index (χ2n) is 6.14. The first-order valence-electron chi connectivity index (χ1n) is 8.12. The van der Waals surface area contributed by atoms with Gasteiger partial charge in [0.2, 0.25) is 11.8 Å². The summed E-state index contributed by atoms with van der Waals surface area (Å²) in [6.45, 7) is 1.72. The number of anilines is 1. The van der Waals surface area contributed by atoms with E-state index in [4.69, 9.17) is 11.6 Å². The van der Waals surface area contributed by atoms with E-state index in [1.807, 2.05) is 0 Å². The van der Waals surface area contributed by atoms with E-state index in [2.05, 4.69) is 5.32 Å². The van der Waals surface area contributed by atoms with Crippen LogP contribution in [0.1, 0.15) is 44.6 Å². The van der Waals surface area contributed by atoms with Crippen molar-refractivity contribution in [2.75, 3.05) is 11.9 Å². The summed E-state index contributed by atoms with van der Waals surface area (Å²) >= 11 is 5.55. The summed E-state index contributed by atoms with van der Waals surface area (Å²) in [5.74, 6) is -0.537. The van der Waals surface area contributed by atoms with Crippen molar-refractivity contribution in [2.45, 2.75) is 51.2 Å². The lowest BCUT2D eigenvalue weighted by Crippen LogP contribution is -2.39. The van der Waals surface area contributed by atoms with Crippen LogP contribution in [0.4, 0.5) is 18.9 Å². The van der Waals surface area contributed by atoms with Crippen molar-refractivity contribution in [1.82, 2.24) is 4.90 Å². The van der Waals surface area contributed by atoms with Gasteiger partial charge in [-0.1, -0.05) is 24.4 Å². The van der Waals surface area contributed by atoms with Gasteiger partial charge in [-0.3, -0.25) is 9.59 Å². The second kappa shape index (κ2) is 8.08. The molecule has 2 rings (SSSR count). The molecule has 0 heterocycles. The van der Waals surface area contributed by atoms with Crippen LogP contribution in [0.3, 0.4) is 0 Å². The Hall–Kier alpha value is -1.76. The Labute approximate surface area is 149 Å². The lowest BCUT2D eigenvalue weighted by Gasteiger charge is -2.27. The number of nitrogens with zero attached hydrogens (tertiary/aromatic N) is 1. The van der Waals surface area contributed by atoms with E-state index in [-0.39, 0.29) is 30.6 Å². The van der Waals surface area contributed by atoms with Gasteiger partial charge in [-0.05, 0) is 31.0 Å². The normalized spacial score (nSPS) is 15.2. The lowest BCUT2D eigenvalue weighted by atomic mass is 10.1. The van der Waals surface area contributed by atoms with Crippen LogP contribution in [0.25, 0.3) is 0 Å².